The Morgan fingerprint density at radius 2 is 1.39 bits per heavy atom. The number of quaternary nitrogens is 1. The molecule has 4 aliphatic heterocycles. The largest absolute Gasteiger partial charge is 0.456 e. The van der Waals surface area contributed by atoms with E-state index in [1.54, 1.807) is 0 Å². The van der Waals surface area contributed by atoms with E-state index in [4.69, 9.17) is 9.47 Å². The monoisotopic (exact) mass is 624 g/mol. The van der Waals surface area contributed by atoms with Crippen LogP contribution in [-0.2, 0) is 33.9 Å². The molecule has 3 aromatic rings. The number of nitrogens with zero attached hydrogens (tertiary/aromatic N) is 3. The lowest BCUT2D eigenvalue weighted by Gasteiger charge is -2.52. The van der Waals surface area contributed by atoms with Crippen LogP contribution < -0.4 is 0 Å². The summed E-state index contributed by atoms with van der Waals surface area (Å²) in [5.74, 6) is 0.557. The van der Waals surface area contributed by atoms with Crippen molar-refractivity contribution in [3.05, 3.63) is 108 Å². The predicted molar refractivity (Wildman–Crippen MR) is 184 cm³/mol. The first-order valence-corrected chi connectivity index (χ1v) is 17.7. The Morgan fingerprint density at radius 3 is 2.00 bits per heavy atom. The third-order valence-corrected chi connectivity index (χ3v) is 10.9. The highest BCUT2D eigenvalue weighted by Gasteiger charge is 2.47. The summed E-state index contributed by atoms with van der Waals surface area (Å²) in [7, 11) is 1.87. The molecule has 4 heterocycles. The fraction of sp³-hybridized carbons (Fsp3) is 0.525. The number of carbonyl (C=O) groups is 1. The lowest BCUT2D eigenvalue weighted by molar-refractivity contribution is -0.958. The van der Waals surface area contributed by atoms with Gasteiger partial charge in [0.2, 0.25) is 0 Å². The zero-order chi connectivity index (χ0) is 31.6. The molecule has 6 heteroatoms. The van der Waals surface area contributed by atoms with Crippen molar-refractivity contribution >= 4 is 5.97 Å². The van der Waals surface area contributed by atoms with Gasteiger partial charge in [-0.1, -0.05) is 97.4 Å². The molecule has 6 nitrogen and oxygen atoms in total. The van der Waals surface area contributed by atoms with Gasteiger partial charge < -0.3 is 18.9 Å². The van der Waals surface area contributed by atoms with Gasteiger partial charge in [0, 0.05) is 63.5 Å². The van der Waals surface area contributed by atoms with Gasteiger partial charge in [-0.05, 0) is 43.5 Å². The Hall–Kier alpha value is -3.03. The molecule has 0 radical (unpaired) electrons. The number of piperidine rings is 4. The summed E-state index contributed by atoms with van der Waals surface area (Å²) in [5.41, 5.74) is 4.08. The third kappa shape index (κ3) is 8.86. The van der Waals surface area contributed by atoms with Gasteiger partial charge in [0.05, 0.1) is 19.2 Å². The maximum atomic E-state index is 12.9. The number of methoxy groups -OCH3 is 1. The quantitative estimate of drug-likeness (QED) is 0.107. The molecule has 4 fully saturated rings. The first-order chi connectivity index (χ1) is 22.6. The molecule has 4 saturated heterocycles. The lowest BCUT2D eigenvalue weighted by atomic mass is 9.83. The van der Waals surface area contributed by atoms with Crippen molar-refractivity contribution in [2.24, 2.45) is 5.92 Å². The molecule has 3 aromatic carbocycles. The van der Waals surface area contributed by atoms with Crippen LogP contribution in [0.1, 0.15) is 61.6 Å². The van der Waals surface area contributed by atoms with Crippen molar-refractivity contribution in [2.75, 3.05) is 46.4 Å². The topological polar surface area (TPSA) is 42.0 Å². The van der Waals surface area contributed by atoms with E-state index in [0.29, 0.717) is 18.4 Å². The van der Waals surface area contributed by atoms with Crippen molar-refractivity contribution in [1.82, 2.24) is 9.80 Å². The van der Waals surface area contributed by atoms with Crippen molar-refractivity contribution < 1.29 is 18.8 Å². The van der Waals surface area contributed by atoms with E-state index in [1.807, 2.05) is 7.11 Å². The van der Waals surface area contributed by atoms with Gasteiger partial charge in [0.25, 0.3) is 0 Å². The molecule has 2 bridgehead atoms. The van der Waals surface area contributed by atoms with Crippen LogP contribution >= 0.6 is 0 Å². The van der Waals surface area contributed by atoms with Gasteiger partial charge in [0.1, 0.15) is 13.1 Å². The molecule has 0 aliphatic carbocycles. The number of hydrogen-bond acceptors (Lipinski definition) is 5. The third-order valence-electron chi connectivity index (χ3n) is 10.9. The summed E-state index contributed by atoms with van der Waals surface area (Å²) in [6, 6.07) is 32.8. The summed E-state index contributed by atoms with van der Waals surface area (Å²) in [5, 5.41) is 0. The van der Waals surface area contributed by atoms with Crippen LogP contribution in [-0.4, -0.2) is 84.9 Å². The predicted octanol–water partition coefficient (Wildman–Crippen LogP) is 6.69. The molecule has 46 heavy (non-hydrogen) atoms. The molecule has 1 unspecified atom stereocenters. The standard InChI is InChI=1S/C40H54N3O3/c1-45-38-30-41(25-21-37(38)42(28-33-14-6-2-7-15-33)29-34-16-8-3-9-17-34)24-13-5-12-20-40(44)46-39-32-43(26-22-36(39)23-27-43)31-35-18-10-4-11-19-35/h2-4,6-11,14-19,36-39H,5,12-13,20-32H2,1H3/q+1/t36?,37-,38+,39?,43?/m1/s1. The highest BCUT2D eigenvalue weighted by atomic mass is 16.5. The Morgan fingerprint density at radius 1 is 0.783 bits per heavy atom. The van der Waals surface area contributed by atoms with Gasteiger partial charge in [-0.3, -0.25) is 9.69 Å². The number of esters is 1. The number of ether oxygens (including phenoxy) is 2. The van der Waals surface area contributed by atoms with E-state index in [0.717, 1.165) is 76.0 Å². The summed E-state index contributed by atoms with van der Waals surface area (Å²) in [6.07, 6.45) is 7.33. The maximum Gasteiger partial charge on any atom is 0.306 e. The summed E-state index contributed by atoms with van der Waals surface area (Å²) >= 11 is 0. The number of fused-ring (bicyclic) bond motifs is 3. The maximum absolute atomic E-state index is 12.9. The Balaban J connectivity index is 0.927. The molecule has 3 atom stereocenters. The van der Waals surface area contributed by atoms with Crippen LogP contribution in [0.2, 0.25) is 0 Å². The first-order valence-electron chi connectivity index (χ1n) is 17.7. The number of benzene rings is 3. The molecular weight excluding hydrogens is 570 g/mol. The Bertz CT molecular complexity index is 1290. The first kappa shape index (κ1) is 32.9. The van der Waals surface area contributed by atoms with Crippen LogP contribution in [0.5, 0.6) is 0 Å². The molecular formula is C40H54N3O3+. The van der Waals surface area contributed by atoms with E-state index < -0.39 is 0 Å². The highest BCUT2D eigenvalue weighted by Crippen LogP contribution is 2.37. The van der Waals surface area contributed by atoms with Crippen LogP contribution in [0.15, 0.2) is 91.0 Å². The van der Waals surface area contributed by atoms with Crippen LogP contribution in [0.4, 0.5) is 0 Å². The second-order valence-electron chi connectivity index (χ2n) is 14.1. The molecule has 0 aromatic heterocycles. The van der Waals surface area contributed by atoms with Gasteiger partial charge in [0.15, 0.2) is 6.10 Å². The second-order valence-corrected chi connectivity index (χ2v) is 14.1. The number of carbonyl (C=O) groups excluding carboxylic acids is 1. The van der Waals surface area contributed by atoms with E-state index in [1.165, 1.54) is 42.6 Å². The molecule has 0 saturated carbocycles. The zero-order valence-electron chi connectivity index (χ0n) is 27.8. The molecule has 0 spiro atoms. The fourth-order valence-corrected chi connectivity index (χ4v) is 8.30. The van der Waals surface area contributed by atoms with E-state index in [-0.39, 0.29) is 18.2 Å². The van der Waals surface area contributed by atoms with Gasteiger partial charge in [-0.15, -0.1) is 0 Å². The Kier molecular flexibility index (Phi) is 11.6. The van der Waals surface area contributed by atoms with Gasteiger partial charge in [-0.2, -0.15) is 0 Å². The minimum atomic E-state index is 0.00814. The molecule has 4 aliphatic rings. The van der Waals surface area contributed by atoms with E-state index in [9.17, 15) is 4.79 Å². The van der Waals surface area contributed by atoms with Crippen molar-refractivity contribution in [3.63, 3.8) is 0 Å². The average molecular weight is 625 g/mol. The minimum absolute atomic E-state index is 0.00814. The number of hydrogen-bond donors (Lipinski definition) is 0. The summed E-state index contributed by atoms with van der Waals surface area (Å²) in [6.45, 7) is 9.41. The second kappa shape index (κ2) is 16.2. The Labute approximate surface area is 276 Å². The summed E-state index contributed by atoms with van der Waals surface area (Å²) in [4.78, 5) is 18.1. The van der Waals surface area contributed by atoms with Crippen LogP contribution in [0, 0.1) is 5.92 Å². The smallest absolute Gasteiger partial charge is 0.306 e. The van der Waals surface area contributed by atoms with Crippen LogP contribution in [0.3, 0.4) is 0 Å². The van der Waals surface area contributed by atoms with Gasteiger partial charge >= 0.3 is 5.97 Å². The van der Waals surface area contributed by atoms with Crippen molar-refractivity contribution in [2.45, 2.75) is 82.8 Å². The lowest BCUT2D eigenvalue weighted by Crippen LogP contribution is -2.63. The molecule has 7 rings (SSSR count). The SMILES string of the molecule is CO[C@H]1CN(CCCCCC(=O)OC2C[N+]3(Cc4ccccc4)CCC2CC3)CC[C@H]1N(Cc1ccccc1)Cc1ccccc1. The van der Waals surface area contributed by atoms with E-state index >= 15 is 0 Å². The normalized spacial score (nSPS) is 26.3. The molecule has 0 amide bonds. The summed E-state index contributed by atoms with van der Waals surface area (Å²) < 4.78 is 13.4. The van der Waals surface area contributed by atoms with Gasteiger partial charge in [-0.25, -0.2) is 0 Å². The molecule has 0 N–H and O–H groups in total. The average Bonchev–Trinajstić information content (AvgIpc) is 3.09. The zero-order valence-corrected chi connectivity index (χ0v) is 27.8. The number of likely N-dealkylation sites (tertiary alicyclic amines) is 1. The fourth-order valence-electron chi connectivity index (χ4n) is 8.30. The minimum Gasteiger partial charge on any atom is -0.456 e. The van der Waals surface area contributed by atoms with Crippen molar-refractivity contribution in [3.8, 4) is 0 Å². The van der Waals surface area contributed by atoms with E-state index in [2.05, 4.69) is 101 Å². The highest BCUT2D eigenvalue weighted by molar-refractivity contribution is 5.69. The van der Waals surface area contributed by atoms with Crippen LogP contribution in [0.25, 0.3) is 0 Å². The molecule has 246 valence electrons. The number of unbranched alkanes of at least 4 members (excludes halogenated alkanes) is 2. The number of rotatable bonds is 15. The van der Waals surface area contributed by atoms with Crippen molar-refractivity contribution in [1.29, 1.82) is 0 Å².